The van der Waals surface area contributed by atoms with Crippen LogP contribution in [-0.2, 0) is 10.0 Å². The summed E-state index contributed by atoms with van der Waals surface area (Å²) in [5.41, 5.74) is 3.74. The molecule has 1 heterocycles. The van der Waals surface area contributed by atoms with Crippen molar-refractivity contribution in [2.75, 3.05) is 13.1 Å². The summed E-state index contributed by atoms with van der Waals surface area (Å²) in [5, 5.41) is 6.19. The molecule has 4 rings (SSSR count). The number of nitrogens with zero attached hydrogens (tertiary/aromatic N) is 2. The van der Waals surface area contributed by atoms with Crippen LogP contribution < -0.4 is 5.43 Å². The van der Waals surface area contributed by atoms with Crippen molar-refractivity contribution in [3.8, 4) is 0 Å². The van der Waals surface area contributed by atoms with Gasteiger partial charge in [-0.25, -0.2) is 13.8 Å². The predicted molar refractivity (Wildman–Crippen MR) is 113 cm³/mol. The van der Waals surface area contributed by atoms with Gasteiger partial charge in [-0.2, -0.15) is 9.41 Å². The molecule has 0 atom stereocenters. The number of fused-ring (bicyclic) bond motifs is 1. The Morgan fingerprint density at radius 1 is 0.931 bits per heavy atom. The highest BCUT2D eigenvalue weighted by Gasteiger charge is 2.27. The summed E-state index contributed by atoms with van der Waals surface area (Å²) in [6.45, 7) is 1.10. The summed E-state index contributed by atoms with van der Waals surface area (Å²) in [6.07, 6.45) is 3.37. The first-order chi connectivity index (χ1) is 14.1. The number of carbonyl (C=O) groups is 1. The lowest BCUT2D eigenvalue weighted by Gasteiger charge is -2.15. The van der Waals surface area contributed by atoms with Gasteiger partial charge in [0.25, 0.3) is 5.91 Å². The molecule has 148 valence electrons. The smallest absolute Gasteiger partial charge is 0.267 e. The van der Waals surface area contributed by atoms with E-state index in [-0.39, 0.29) is 4.90 Å². The number of nitrogens with one attached hydrogen (secondary N) is 1. The average molecular weight is 407 g/mol. The number of sulfonamides is 1. The highest BCUT2D eigenvalue weighted by Crippen LogP contribution is 2.21. The standard InChI is InChI=1S/C22H21N3O3S/c26-22(24-23-16-19-8-5-7-17-6-1-2-9-21(17)19)18-10-12-20(13-11-18)29(27,28)25-14-3-4-15-25/h1-2,5-13,16H,3-4,14-15H2,(H,24,26)/b23-16-. The van der Waals surface area contributed by atoms with E-state index in [1.54, 1.807) is 6.21 Å². The monoisotopic (exact) mass is 407 g/mol. The van der Waals surface area contributed by atoms with Crippen LogP contribution in [0.15, 0.2) is 76.7 Å². The predicted octanol–water partition coefficient (Wildman–Crippen LogP) is 3.39. The van der Waals surface area contributed by atoms with Crippen molar-refractivity contribution >= 4 is 32.9 Å². The van der Waals surface area contributed by atoms with Crippen molar-refractivity contribution in [1.29, 1.82) is 0 Å². The fraction of sp³-hybridized carbons (Fsp3) is 0.182. The Balaban J connectivity index is 1.45. The second-order valence-corrected chi connectivity index (χ2v) is 8.84. The zero-order valence-corrected chi connectivity index (χ0v) is 16.6. The molecule has 3 aromatic rings. The fourth-order valence-electron chi connectivity index (χ4n) is 3.44. The average Bonchev–Trinajstić information content (AvgIpc) is 3.30. The molecule has 6 nitrogen and oxygen atoms in total. The number of hydrogen-bond donors (Lipinski definition) is 1. The normalized spacial score (nSPS) is 15.2. The van der Waals surface area contributed by atoms with E-state index in [0.717, 1.165) is 29.2 Å². The molecular weight excluding hydrogens is 386 g/mol. The molecule has 29 heavy (non-hydrogen) atoms. The molecule has 1 fully saturated rings. The van der Waals surface area contributed by atoms with Crippen LogP contribution in [-0.4, -0.2) is 37.9 Å². The molecule has 3 aromatic carbocycles. The minimum absolute atomic E-state index is 0.204. The minimum Gasteiger partial charge on any atom is -0.267 e. The molecule has 1 aliphatic heterocycles. The number of rotatable bonds is 5. The molecule has 1 amide bonds. The van der Waals surface area contributed by atoms with Crippen molar-refractivity contribution in [3.63, 3.8) is 0 Å². The second-order valence-electron chi connectivity index (χ2n) is 6.90. The fourth-order valence-corrected chi connectivity index (χ4v) is 4.96. The van der Waals surface area contributed by atoms with E-state index >= 15 is 0 Å². The summed E-state index contributed by atoms with van der Waals surface area (Å²) < 4.78 is 26.6. The molecule has 0 saturated carbocycles. The second kappa shape index (κ2) is 8.14. The molecule has 0 aromatic heterocycles. The molecule has 0 spiro atoms. The van der Waals surface area contributed by atoms with Gasteiger partial charge >= 0.3 is 0 Å². The summed E-state index contributed by atoms with van der Waals surface area (Å²) in [4.78, 5) is 12.5. The van der Waals surface area contributed by atoms with Crippen molar-refractivity contribution in [1.82, 2.24) is 9.73 Å². The Kier molecular flexibility index (Phi) is 5.42. The Hall–Kier alpha value is -3.03. The van der Waals surface area contributed by atoms with Gasteiger partial charge in [0.15, 0.2) is 0 Å². The number of benzene rings is 3. The zero-order valence-electron chi connectivity index (χ0n) is 15.8. The first kappa shape index (κ1) is 19.3. The summed E-state index contributed by atoms with van der Waals surface area (Å²) >= 11 is 0. The van der Waals surface area contributed by atoms with E-state index in [0.29, 0.717) is 18.7 Å². The van der Waals surface area contributed by atoms with E-state index in [1.807, 2.05) is 42.5 Å². The molecular formula is C22H21N3O3S. The Morgan fingerprint density at radius 2 is 1.62 bits per heavy atom. The highest BCUT2D eigenvalue weighted by molar-refractivity contribution is 7.89. The Bertz CT molecular complexity index is 1160. The highest BCUT2D eigenvalue weighted by atomic mass is 32.2. The molecule has 1 saturated heterocycles. The molecule has 0 unspecified atom stereocenters. The third-order valence-electron chi connectivity index (χ3n) is 5.01. The number of hydrazone groups is 1. The molecule has 1 N–H and O–H groups in total. The lowest BCUT2D eigenvalue weighted by Crippen LogP contribution is -2.28. The minimum atomic E-state index is -3.48. The first-order valence-electron chi connectivity index (χ1n) is 9.47. The zero-order chi connectivity index (χ0) is 20.3. The Morgan fingerprint density at radius 3 is 2.38 bits per heavy atom. The topological polar surface area (TPSA) is 78.8 Å². The Labute approximate surface area is 169 Å². The lowest BCUT2D eigenvalue weighted by molar-refractivity contribution is 0.0955. The van der Waals surface area contributed by atoms with Crippen molar-refractivity contribution < 1.29 is 13.2 Å². The number of carbonyl (C=O) groups excluding carboxylic acids is 1. The molecule has 7 heteroatoms. The van der Waals surface area contributed by atoms with Crippen molar-refractivity contribution in [2.24, 2.45) is 5.10 Å². The van der Waals surface area contributed by atoms with Crippen LogP contribution in [0.4, 0.5) is 0 Å². The van der Waals surface area contributed by atoms with E-state index in [2.05, 4.69) is 10.5 Å². The van der Waals surface area contributed by atoms with E-state index in [9.17, 15) is 13.2 Å². The third-order valence-corrected chi connectivity index (χ3v) is 6.93. The van der Waals surface area contributed by atoms with E-state index < -0.39 is 15.9 Å². The maximum Gasteiger partial charge on any atom is 0.271 e. The van der Waals surface area contributed by atoms with Crippen LogP contribution in [0.1, 0.15) is 28.8 Å². The van der Waals surface area contributed by atoms with Crippen molar-refractivity contribution in [3.05, 3.63) is 77.9 Å². The summed E-state index contributed by atoms with van der Waals surface area (Å²) in [7, 11) is -3.48. The van der Waals surface area contributed by atoms with Crippen LogP contribution >= 0.6 is 0 Å². The lowest BCUT2D eigenvalue weighted by atomic mass is 10.1. The van der Waals surface area contributed by atoms with Gasteiger partial charge < -0.3 is 0 Å². The van der Waals surface area contributed by atoms with Crippen LogP contribution in [0, 0.1) is 0 Å². The van der Waals surface area contributed by atoms with E-state index in [4.69, 9.17) is 0 Å². The van der Waals surface area contributed by atoms with Gasteiger partial charge in [-0.1, -0.05) is 42.5 Å². The van der Waals surface area contributed by atoms with E-state index in [1.165, 1.54) is 28.6 Å². The quantitative estimate of drug-likeness (QED) is 0.520. The number of amides is 1. The van der Waals surface area contributed by atoms with Crippen LogP contribution in [0.25, 0.3) is 10.8 Å². The third kappa shape index (κ3) is 4.06. The summed E-state index contributed by atoms with van der Waals surface area (Å²) in [5.74, 6) is -0.397. The van der Waals surface area contributed by atoms with Gasteiger partial charge in [0.05, 0.1) is 11.1 Å². The molecule has 0 bridgehead atoms. The van der Waals surface area contributed by atoms with Crippen LogP contribution in [0.5, 0.6) is 0 Å². The maximum atomic E-state index is 12.6. The van der Waals surface area contributed by atoms with Gasteiger partial charge in [0.2, 0.25) is 10.0 Å². The first-order valence-corrected chi connectivity index (χ1v) is 10.9. The van der Waals surface area contributed by atoms with Gasteiger partial charge in [-0.15, -0.1) is 0 Å². The van der Waals surface area contributed by atoms with Gasteiger partial charge in [-0.05, 0) is 47.9 Å². The molecule has 0 radical (unpaired) electrons. The largest absolute Gasteiger partial charge is 0.271 e. The SMILES string of the molecule is O=C(N/N=C\c1cccc2ccccc12)c1ccc(S(=O)(=O)N2CCCC2)cc1. The maximum absolute atomic E-state index is 12.6. The van der Waals surface area contributed by atoms with Crippen LogP contribution in [0.2, 0.25) is 0 Å². The van der Waals surface area contributed by atoms with Crippen LogP contribution in [0.3, 0.4) is 0 Å². The van der Waals surface area contributed by atoms with Crippen molar-refractivity contribution in [2.45, 2.75) is 17.7 Å². The van der Waals surface area contributed by atoms with Gasteiger partial charge in [0.1, 0.15) is 0 Å². The number of hydrogen-bond acceptors (Lipinski definition) is 4. The van der Waals surface area contributed by atoms with Gasteiger partial charge in [-0.3, -0.25) is 4.79 Å². The molecule has 0 aliphatic carbocycles. The molecule has 1 aliphatic rings. The summed E-state index contributed by atoms with van der Waals surface area (Å²) in [6, 6.07) is 19.8. The van der Waals surface area contributed by atoms with Gasteiger partial charge in [0, 0.05) is 24.2 Å².